The molecule has 8 heteroatoms. The van der Waals surface area contributed by atoms with Crippen LogP contribution in [-0.4, -0.2) is 45.0 Å². The molecule has 1 aliphatic rings. The Morgan fingerprint density at radius 3 is 2.90 bits per heavy atom. The van der Waals surface area contributed by atoms with E-state index in [-0.39, 0.29) is 10.3 Å². The predicted molar refractivity (Wildman–Crippen MR) is 79.2 cm³/mol. The van der Waals surface area contributed by atoms with Crippen molar-refractivity contribution < 1.29 is 13.2 Å². The maximum atomic E-state index is 12.2. The molecule has 0 aromatic carbocycles. The quantitative estimate of drug-likeness (QED) is 0.648. The molecule has 1 fully saturated rings. The standard InChI is InChI=1S/C13H24N4O3S/c1-20-8-5-13(3-4-13)11-16-21(18,19)12-9-15-17(10-12)7-2-6-14/h9-10,16H,2-8,11,14H2,1H3. The molecule has 1 aliphatic carbocycles. The molecule has 0 saturated heterocycles. The Labute approximate surface area is 125 Å². The van der Waals surface area contributed by atoms with Crippen LogP contribution >= 0.6 is 0 Å². The first-order valence-corrected chi connectivity index (χ1v) is 8.71. The Kier molecular flexibility index (Phi) is 5.37. The number of hydrogen-bond donors (Lipinski definition) is 2. The lowest BCUT2D eigenvalue weighted by Crippen LogP contribution is -2.30. The monoisotopic (exact) mass is 316 g/mol. The van der Waals surface area contributed by atoms with Gasteiger partial charge in [-0.05, 0) is 37.6 Å². The molecule has 0 aliphatic heterocycles. The van der Waals surface area contributed by atoms with Crippen molar-refractivity contribution in [3.8, 4) is 0 Å². The van der Waals surface area contributed by atoms with Gasteiger partial charge in [-0.1, -0.05) is 0 Å². The van der Waals surface area contributed by atoms with Gasteiger partial charge in [0.1, 0.15) is 4.90 Å². The van der Waals surface area contributed by atoms with E-state index >= 15 is 0 Å². The Hall–Kier alpha value is -0.960. The maximum absolute atomic E-state index is 12.2. The Morgan fingerprint density at radius 1 is 1.52 bits per heavy atom. The fraction of sp³-hybridized carbons (Fsp3) is 0.769. The Morgan fingerprint density at radius 2 is 2.29 bits per heavy atom. The highest BCUT2D eigenvalue weighted by molar-refractivity contribution is 7.89. The van der Waals surface area contributed by atoms with Crippen LogP contribution in [0.5, 0.6) is 0 Å². The van der Waals surface area contributed by atoms with Gasteiger partial charge in [0.15, 0.2) is 0 Å². The van der Waals surface area contributed by atoms with E-state index in [9.17, 15) is 8.42 Å². The summed E-state index contributed by atoms with van der Waals surface area (Å²) in [5, 5.41) is 4.05. The summed E-state index contributed by atoms with van der Waals surface area (Å²) in [7, 11) is -1.83. The average Bonchev–Trinajstić information content (AvgIpc) is 3.08. The van der Waals surface area contributed by atoms with E-state index in [4.69, 9.17) is 10.5 Å². The molecular weight excluding hydrogens is 292 g/mol. The largest absolute Gasteiger partial charge is 0.385 e. The van der Waals surface area contributed by atoms with Crippen molar-refractivity contribution in [3.63, 3.8) is 0 Å². The van der Waals surface area contributed by atoms with Crippen LogP contribution in [0.1, 0.15) is 25.7 Å². The summed E-state index contributed by atoms with van der Waals surface area (Å²) in [5.41, 5.74) is 5.51. The maximum Gasteiger partial charge on any atom is 0.243 e. The van der Waals surface area contributed by atoms with Crippen LogP contribution in [0.4, 0.5) is 0 Å². The van der Waals surface area contributed by atoms with Crippen molar-refractivity contribution in [2.24, 2.45) is 11.1 Å². The molecule has 0 atom stereocenters. The zero-order chi connectivity index (χ0) is 15.3. The Bertz CT molecular complexity index is 552. The SMILES string of the molecule is COCCC1(CNS(=O)(=O)c2cnn(CCCN)c2)CC1. The van der Waals surface area contributed by atoms with Crippen molar-refractivity contribution in [1.29, 1.82) is 0 Å². The third-order valence-electron chi connectivity index (χ3n) is 3.94. The molecule has 0 bridgehead atoms. The lowest BCUT2D eigenvalue weighted by Gasteiger charge is -2.15. The van der Waals surface area contributed by atoms with Gasteiger partial charge < -0.3 is 10.5 Å². The minimum absolute atomic E-state index is 0.0820. The normalized spacial score (nSPS) is 17.0. The van der Waals surface area contributed by atoms with Crippen LogP contribution in [0.3, 0.4) is 0 Å². The smallest absolute Gasteiger partial charge is 0.243 e. The second-order valence-electron chi connectivity index (χ2n) is 5.65. The molecular formula is C13H24N4O3S. The Balaban J connectivity index is 1.91. The number of nitrogens with zero attached hydrogens (tertiary/aromatic N) is 2. The van der Waals surface area contributed by atoms with Gasteiger partial charge in [-0.2, -0.15) is 5.10 Å². The summed E-state index contributed by atoms with van der Waals surface area (Å²) in [6.07, 6.45) is 6.69. The first-order valence-electron chi connectivity index (χ1n) is 7.22. The number of sulfonamides is 1. The molecule has 1 heterocycles. The van der Waals surface area contributed by atoms with Crippen molar-refractivity contribution in [1.82, 2.24) is 14.5 Å². The lowest BCUT2D eigenvalue weighted by atomic mass is 10.0. The molecule has 0 spiro atoms. The molecule has 2 rings (SSSR count). The molecule has 120 valence electrons. The van der Waals surface area contributed by atoms with Crippen LogP contribution in [0.2, 0.25) is 0 Å². The summed E-state index contributed by atoms with van der Waals surface area (Å²) < 4.78 is 33.9. The molecule has 0 amide bonds. The summed E-state index contributed by atoms with van der Waals surface area (Å²) in [5.74, 6) is 0. The zero-order valence-corrected chi connectivity index (χ0v) is 13.2. The van der Waals surface area contributed by atoms with E-state index in [1.165, 1.54) is 6.20 Å². The number of ether oxygens (including phenoxy) is 1. The minimum atomic E-state index is -3.49. The average molecular weight is 316 g/mol. The fourth-order valence-electron chi connectivity index (χ4n) is 2.20. The van der Waals surface area contributed by atoms with Crippen LogP contribution < -0.4 is 10.5 Å². The number of rotatable bonds is 10. The number of aryl methyl sites for hydroxylation is 1. The predicted octanol–water partition coefficient (Wildman–Crippen LogP) is 0.327. The fourth-order valence-corrected chi connectivity index (χ4v) is 3.31. The number of aromatic nitrogens is 2. The lowest BCUT2D eigenvalue weighted by molar-refractivity contribution is 0.173. The highest BCUT2D eigenvalue weighted by Gasteiger charge is 2.42. The van der Waals surface area contributed by atoms with E-state index in [0.717, 1.165) is 25.7 Å². The summed E-state index contributed by atoms with van der Waals surface area (Å²) >= 11 is 0. The summed E-state index contributed by atoms with van der Waals surface area (Å²) in [6, 6.07) is 0. The van der Waals surface area contributed by atoms with Gasteiger partial charge >= 0.3 is 0 Å². The topological polar surface area (TPSA) is 99.2 Å². The van der Waals surface area contributed by atoms with Crippen LogP contribution in [-0.2, 0) is 21.3 Å². The van der Waals surface area contributed by atoms with Crippen LogP contribution in [0, 0.1) is 5.41 Å². The molecule has 1 aromatic rings. The van der Waals surface area contributed by atoms with E-state index in [2.05, 4.69) is 9.82 Å². The third kappa shape index (κ3) is 4.50. The van der Waals surface area contributed by atoms with E-state index in [0.29, 0.717) is 26.2 Å². The number of hydrogen-bond acceptors (Lipinski definition) is 5. The first-order chi connectivity index (χ1) is 10.0. The second-order valence-corrected chi connectivity index (χ2v) is 7.42. The molecule has 0 radical (unpaired) electrons. The van der Waals surface area contributed by atoms with Gasteiger partial charge in [-0.25, -0.2) is 13.1 Å². The number of nitrogens with two attached hydrogens (primary N) is 1. The van der Waals surface area contributed by atoms with Gasteiger partial charge in [-0.15, -0.1) is 0 Å². The minimum Gasteiger partial charge on any atom is -0.385 e. The van der Waals surface area contributed by atoms with Crippen molar-refractivity contribution in [3.05, 3.63) is 12.4 Å². The second kappa shape index (κ2) is 6.87. The molecule has 3 N–H and O–H groups in total. The molecule has 7 nitrogen and oxygen atoms in total. The van der Waals surface area contributed by atoms with E-state index < -0.39 is 10.0 Å². The third-order valence-corrected chi connectivity index (χ3v) is 5.30. The van der Waals surface area contributed by atoms with Gasteiger partial charge in [0.25, 0.3) is 0 Å². The molecule has 1 aromatic heterocycles. The molecule has 1 saturated carbocycles. The van der Waals surface area contributed by atoms with Crippen molar-refractivity contribution >= 4 is 10.0 Å². The van der Waals surface area contributed by atoms with Crippen molar-refractivity contribution in [2.75, 3.05) is 26.8 Å². The van der Waals surface area contributed by atoms with Crippen LogP contribution in [0.25, 0.3) is 0 Å². The molecule has 21 heavy (non-hydrogen) atoms. The number of methoxy groups -OCH3 is 1. The first kappa shape index (κ1) is 16.4. The highest BCUT2D eigenvalue weighted by Crippen LogP contribution is 2.48. The van der Waals surface area contributed by atoms with E-state index in [1.807, 2.05) is 0 Å². The summed E-state index contributed by atoms with van der Waals surface area (Å²) in [6.45, 7) is 2.32. The van der Waals surface area contributed by atoms with Crippen molar-refractivity contribution in [2.45, 2.75) is 37.1 Å². The van der Waals surface area contributed by atoms with Gasteiger partial charge in [0.2, 0.25) is 10.0 Å². The van der Waals surface area contributed by atoms with Crippen LogP contribution in [0.15, 0.2) is 17.3 Å². The van der Waals surface area contributed by atoms with Gasteiger partial charge in [0.05, 0.1) is 6.20 Å². The van der Waals surface area contributed by atoms with E-state index in [1.54, 1.807) is 18.0 Å². The molecule has 0 unspecified atom stereocenters. The number of nitrogens with one attached hydrogen (secondary N) is 1. The zero-order valence-electron chi connectivity index (χ0n) is 12.4. The van der Waals surface area contributed by atoms with Gasteiger partial charge in [0, 0.05) is 33.0 Å². The van der Waals surface area contributed by atoms with Gasteiger partial charge in [-0.3, -0.25) is 4.68 Å². The summed E-state index contributed by atoms with van der Waals surface area (Å²) in [4.78, 5) is 0.210. The highest BCUT2D eigenvalue weighted by atomic mass is 32.2.